The molecule has 0 aliphatic carbocycles. The average molecular weight is 686 g/mol. The van der Waals surface area contributed by atoms with Crippen molar-refractivity contribution in [2.24, 2.45) is 0 Å². The molecule has 0 bridgehead atoms. The van der Waals surface area contributed by atoms with Gasteiger partial charge in [0.1, 0.15) is 0 Å². The Labute approximate surface area is 309 Å². The normalized spacial score (nSPS) is 12.9. The molecule has 1 aliphatic heterocycles. The summed E-state index contributed by atoms with van der Waals surface area (Å²) in [5.74, 6) is 1.91. The molecule has 248 valence electrons. The lowest BCUT2D eigenvalue weighted by Gasteiger charge is -2.35. The van der Waals surface area contributed by atoms with Gasteiger partial charge in [-0.05, 0) is 74.8 Å². The molecule has 0 unspecified atom stereocenters. The molecule has 1 aliphatic rings. The molecule has 3 nitrogen and oxygen atoms in total. The van der Waals surface area contributed by atoms with Crippen molar-refractivity contribution in [3.05, 3.63) is 187 Å². The SMILES string of the molecule is CC1(C)c2ccccc2Sc2ccc(-c3ccccc3-c3nc(-c4cccc(-c5ccccc5)c4)nc(-c4cccc(-c5ccccc5)c4)n3)cc21. The monoisotopic (exact) mass is 685 g/mol. The van der Waals surface area contributed by atoms with Gasteiger partial charge in [0.2, 0.25) is 0 Å². The first kappa shape index (κ1) is 31.9. The van der Waals surface area contributed by atoms with Gasteiger partial charge in [-0.2, -0.15) is 0 Å². The minimum atomic E-state index is -0.136. The maximum Gasteiger partial charge on any atom is 0.164 e. The van der Waals surface area contributed by atoms with E-state index in [4.69, 9.17) is 15.0 Å². The van der Waals surface area contributed by atoms with Crippen molar-refractivity contribution < 1.29 is 0 Å². The molecule has 52 heavy (non-hydrogen) atoms. The minimum absolute atomic E-state index is 0.136. The van der Waals surface area contributed by atoms with Crippen LogP contribution in [0.1, 0.15) is 25.0 Å². The van der Waals surface area contributed by atoms with Crippen LogP contribution in [0.3, 0.4) is 0 Å². The van der Waals surface area contributed by atoms with Gasteiger partial charge in [0.05, 0.1) is 0 Å². The summed E-state index contributed by atoms with van der Waals surface area (Å²) in [4.78, 5) is 18.2. The van der Waals surface area contributed by atoms with E-state index in [0.29, 0.717) is 17.5 Å². The average Bonchev–Trinajstić information content (AvgIpc) is 3.21. The maximum absolute atomic E-state index is 5.22. The third kappa shape index (κ3) is 5.91. The van der Waals surface area contributed by atoms with Crippen LogP contribution in [0, 0.1) is 0 Å². The maximum atomic E-state index is 5.22. The fourth-order valence-electron chi connectivity index (χ4n) is 7.23. The van der Waals surface area contributed by atoms with Crippen LogP contribution in [0.15, 0.2) is 186 Å². The third-order valence-electron chi connectivity index (χ3n) is 10.0. The van der Waals surface area contributed by atoms with E-state index in [9.17, 15) is 0 Å². The number of rotatable bonds is 6. The number of fused-ring (bicyclic) bond motifs is 2. The summed E-state index contributed by atoms with van der Waals surface area (Å²) < 4.78 is 0. The predicted octanol–water partition coefficient (Wildman–Crippen LogP) is 12.7. The number of nitrogens with zero attached hydrogens (tertiary/aromatic N) is 3. The lowest BCUT2D eigenvalue weighted by Crippen LogP contribution is -2.23. The van der Waals surface area contributed by atoms with Gasteiger partial charge < -0.3 is 0 Å². The molecule has 4 heteroatoms. The fraction of sp³-hybridized carbons (Fsp3) is 0.0625. The predicted molar refractivity (Wildman–Crippen MR) is 215 cm³/mol. The van der Waals surface area contributed by atoms with Crippen LogP contribution in [0.2, 0.25) is 0 Å². The molecule has 0 atom stereocenters. The van der Waals surface area contributed by atoms with Crippen molar-refractivity contribution in [2.45, 2.75) is 29.1 Å². The fourth-order valence-corrected chi connectivity index (χ4v) is 8.61. The minimum Gasteiger partial charge on any atom is -0.208 e. The van der Waals surface area contributed by atoms with Gasteiger partial charge in [-0.1, -0.05) is 171 Å². The lowest BCUT2D eigenvalue weighted by molar-refractivity contribution is 0.607. The van der Waals surface area contributed by atoms with Gasteiger partial charge in [-0.25, -0.2) is 15.0 Å². The van der Waals surface area contributed by atoms with Crippen molar-refractivity contribution in [1.82, 2.24) is 15.0 Å². The third-order valence-corrected chi connectivity index (χ3v) is 11.2. The van der Waals surface area contributed by atoms with Crippen molar-refractivity contribution >= 4 is 11.8 Å². The zero-order valence-corrected chi connectivity index (χ0v) is 29.8. The summed E-state index contributed by atoms with van der Waals surface area (Å²) >= 11 is 1.85. The Bertz CT molecular complexity index is 2480. The summed E-state index contributed by atoms with van der Waals surface area (Å²) in [7, 11) is 0. The Morgan fingerprint density at radius 2 is 0.827 bits per heavy atom. The molecular weight excluding hydrogens is 651 g/mol. The Balaban J connectivity index is 1.20. The van der Waals surface area contributed by atoms with Gasteiger partial charge in [0, 0.05) is 31.9 Å². The molecule has 0 saturated carbocycles. The molecule has 0 fully saturated rings. The molecule has 0 radical (unpaired) electrons. The van der Waals surface area contributed by atoms with Gasteiger partial charge in [0.25, 0.3) is 0 Å². The molecule has 9 rings (SSSR count). The Kier molecular flexibility index (Phi) is 8.10. The van der Waals surface area contributed by atoms with Crippen molar-refractivity contribution in [3.63, 3.8) is 0 Å². The first-order chi connectivity index (χ1) is 25.5. The van der Waals surface area contributed by atoms with E-state index >= 15 is 0 Å². The summed E-state index contributed by atoms with van der Waals surface area (Å²) in [6, 6.07) is 62.0. The Morgan fingerprint density at radius 3 is 1.46 bits per heavy atom. The van der Waals surface area contributed by atoms with Gasteiger partial charge in [0.15, 0.2) is 17.5 Å². The first-order valence-corrected chi connectivity index (χ1v) is 18.4. The van der Waals surface area contributed by atoms with Crippen LogP contribution in [-0.4, -0.2) is 15.0 Å². The Hall–Kier alpha value is -6.10. The standard InChI is InChI=1S/C48H35N3S/c1-48(2)41-25-11-12-26-43(41)52-44-28-27-36(31-42(44)48)39-23-9-10-24-40(39)47-50-45(37-21-13-19-34(29-37)32-15-5-3-6-16-32)49-46(51-47)38-22-14-20-35(30-38)33-17-7-4-8-18-33/h3-31H,1-2H3. The topological polar surface area (TPSA) is 38.7 Å². The van der Waals surface area contributed by atoms with E-state index in [2.05, 4.69) is 178 Å². The van der Waals surface area contributed by atoms with Crippen LogP contribution in [-0.2, 0) is 5.41 Å². The molecule has 0 amide bonds. The van der Waals surface area contributed by atoms with E-state index in [-0.39, 0.29) is 5.41 Å². The van der Waals surface area contributed by atoms with E-state index in [1.54, 1.807) is 0 Å². The molecule has 0 N–H and O–H groups in total. The quantitative estimate of drug-likeness (QED) is 0.175. The molecular formula is C48H35N3S. The van der Waals surface area contributed by atoms with Crippen LogP contribution < -0.4 is 0 Å². The van der Waals surface area contributed by atoms with Gasteiger partial charge >= 0.3 is 0 Å². The number of benzene rings is 7. The highest BCUT2D eigenvalue weighted by molar-refractivity contribution is 7.99. The van der Waals surface area contributed by atoms with Gasteiger partial charge in [-0.15, -0.1) is 0 Å². The van der Waals surface area contributed by atoms with Crippen molar-refractivity contribution in [1.29, 1.82) is 0 Å². The number of hydrogen-bond donors (Lipinski definition) is 0. The second-order valence-electron chi connectivity index (χ2n) is 13.7. The Morgan fingerprint density at radius 1 is 0.346 bits per heavy atom. The summed E-state index contributed by atoms with van der Waals surface area (Å²) in [6.45, 7) is 4.66. The van der Waals surface area contributed by atoms with Crippen molar-refractivity contribution in [3.8, 4) is 67.5 Å². The summed E-state index contributed by atoms with van der Waals surface area (Å²) in [5, 5.41) is 0. The number of hydrogen-bond acceptors (Lipinski definition) is 4. The second-order valence-corrected chi connectivity index (χ2v) is 14.8. The van der Waals surface area contributed by atoms with Crippen molar-refractivity contribution in [2.75, 3.05) is 0 Å². The van der Waals surface area contributed by atoms with E-state index < -0.39 is 0 Å². The highest BCUT2D eigenvalue weighted by Gasteiger charge is 2.33. The van der Waals surface area contributed by atoms with Crippen LogP contribution in [0.5, 0.6) is 0 Å². The van der Waals surface area contributed by atoms with E-state index in [1.165, 1.54) is 20.9 Å². The van der Waals surface area contributed by atoms with Crippen LogP contribution in [0.25, 0.3) is 67.5 Å². The number of aromatic nitrogens is 3. The van der Waals surface area contributed by atoms with E-state index in [1.807, 2.05) is 23.9 Å². The zero-order valence-electron chi connectivity index (χ0n) is 29.0. The van der Waals surface area contributed by atoms with E-state index in [0.717, 1.165) is 50.1 Å². The van der Waals surface area contributed by atoms with Crippen LogP contribution >= 0.6 is 11.8 Å². The smallest absolute Gasteiger partial charge is 0.164 e. The highest BCUT2D eigenvalue weighted by atomic mass is 32.2. The first-order valence-electron chi connectivity index (χ1n) is 17.6. The molecule has 2 heterocycles. The molecule has 8 aromatic rings. The highest BCUT2D eigenvalue weighted by Crippen LogP contribution is 2.50. The molecule has 0 saturated heterocycles. The summed E-state index contributed by atoms with van der Waals surface area (Å²) in [5.41, 5.74) is 12.2. The van der Waals surface area contributed by atoms with Gasteiger partial charge in [-0.3, -0.25) is 0 Å². The largest absolute Gasteiger partial charge is 0.208 e. The molecule has 7 aromatic carbocycles. The zero-order chi connectivity index (χ0) is 35.1. The van der Waals surface area contributed by atoms with Crippen LogP contribution in [0.4, 0.5) is 0 Å². The summed E-state index contributed by atoms with van der Waals surface area (Å²) in [6.07, 6.45) is 0. The molecule has 1 aromatic heterocycles. The lowest BCUT2D eigenvalue weighted by atomic mass is 9.77. The molecule has 0 spiro atoms. The second kappa shape index (κ2) is 13.2.